The number of nitrogens with zero attached hydrogens (tertiary/aromatic N) is 1. The third kappa shape index (κ3) is 3.29. The van der Waals surface area contributed by atoms with Crippen molar-refractivity contribution < 1.29 is 14.3 Å². The van der Waals surface area contributed by atoms with Crippen LogP contribution in [-0.2, 0) is 19.4 Å². The minimum Gasteiger partial charge on any atom is -0.486 e. The number of fused-ring (bicyclic) bond motifs is 2. The maximum Gasteiger partial charge on any atom is 0.272 e. The highest BCUT2D eigenvalue weighted by Gasteiger charge is 2.21. The second kappa shape index (κ2) is 6.93. The zero-order valence-corrected chi connectivity index (χ0v) is 14.4. The predicted octanol–water partition coefficient (Wildman–Crippen LogP) is 1.45. The Morgan fingerprint density at radius 3 is 3.12 bits per heavy atom. The van der Waals surface area contributed by atoms with Crippen LogP contribution in [0.1, 0.15) is 27.3 Å². The number of nitrogens with one attached hydrogen (secondary N) is 3. The molecule has 25 heavy (non-hydrogen) atoms. The van der Waals surface area contributed by atoms with Gasteiger partial charge in [0.25, 0.3) is 5.91 Å². The number of hydrogen-bond acceptors (Lipinski definition) is 5. The number of H-pyrrole nitrogens is 1. The molecule has 0 fully saturated rings. The quantitative estimate of drug-likeness (QED) is 0.766. The number of aromatic amines is 1. The van der Waals surface area contributed by atoms with Crippen LogP contribution in [0.15, 0.2) is 12.1 Å². The molecule has 1 aromatic carbocycles. The first-order chi connectivity index (χ1) is 12.2. The number of carbonyl (C=O) groups is 1. The van der Waals surface area contributed by atoms with Crippen LogP contribution in [0.4, 0.5) is 0 Å². The molecule has 0 atom stereocenters. The van der Waals surface area contributed by atoms with E-state index in [4.69, 9.17) is 21.1 Å². The molecule has 1 aromatic heterocycles. The minimum atomic E-state index is -0.162. The Hall–Kier alpha value is -2.25. The van der Waals surface area contributed by atoms with Gasteiger partial charge in [-0.15, -0.1) is 0 Å². The molecule has 0 aliphatic carbocycles. The SMILES string of the molecule is O=C(NCCc1cc(Cl)c2c(c1)OCCO2)c1n[nH]c2c1CNCC2. The summed E-state index contributed by atoms with van der Waals surface area (Å²) in [6, 6.07) is 3.76. The van der Waals surface area contributed by atoms with Crippen molar-refractivity contribution in [3.05, 3.63) is 39.7 Å². The van der Waals surface area contributed by atoms with Gasteiger partial charge in [-0.2, -0.15) is 5.10 Å². The second-order valence-corrected chi connectivity index (χ2v) is 6.47. The monoisotopic (exact) mass is 362 g/mol. The van der Waals surface area contributed by atoms with E-state index in [-0.39, 0.29) is 5.91 Å². The molecular formula is C17H19ClN4O3. The largest absolute Gasteiger partial charge is 0.486 e. The van der Waals surface area contributed by atoms with Crippen molar-refractivity contribution in [3.63, 3.8) is 0 Å². The second-order valence-electron chi connectivity index (χ2n) is 6.06. The topological polar surface area (TPSA) is 88.3 Å². The number of aromatic nitrogens is 2. The molecule has 4 rings (SSSR count). The molecule has 2 aromatic rings. The van der Waals surface area contributed by atoms with E-state index in [2.05, 4.69) is 20.8 Å². The van der Waals surface area contributed by atoms with E-state index in [1.54, 1.807) is 0 Å². The maximum absolute atomic E-state index is 12.4. The summed E-state index contributed by atoms with van der Waals surface area (Å²) in [6.07, 6.45) is 1.51. The lowest BCUT2D eigenvalue weighted by Crippen LogP contribution is -2.29. The summed E-state index contributed by atoms with van der Waals surface area (Å²) in [5, 5.41) is 13.8. The number of hydrogen-bond donors (Lipinski definition) is 3. The van der Waals surface area contributed by atoms with E-state index in [1.165, 1.54) is 0 Å². The molecule has 3 N–H and O–H groups in total. The van der Waals surface area contributed by atoms with Gasteiger partial charge in [-0.05, 0) is 24.1 Å². The van der Waals surface area contributed by atoms with Crippen LogP contribution in [0, 0.1) is 0 Å². The van der Waals surface area contributed by atoms with E-state index >= 15 is 0 Å². The summed E-state index contributed by atoms with van der Waals surface area (Å²) >= 11 is 6.24. The first kappa shape index (κ1) is 16.2. The molecule has 3 heterocycles. The molecule has 2 aliphatic rings. The summed E-state index contributed by atoms with van der Waals surface area (Å²) in [6.45, 7) is 3.09. The van der Waals surface area contributed by atoms with Crippen LogP contribution in [0.2, 0.25) is 5.02 Å². The van der Waals surface area contributed by atoms with E-state index in [1.807, 2.05) is 12.1 Å². The molecular weight excluding hydrogens is 344 g/mol. The van der Waals surface area contributed by atoms with Gasteiger partial charge in [0, 0.05) is 37.3 Å². The molecule has 8 heteroatoms. The number of benzene rings is 1. The average Bonchev–Trinajstić information content (AvgIpc) is 3.06. The van der Waals surface area contributed by atoms with Crippen LogP contribution in [0.25, 0.3) is 0 Å². The van der Waals surface area contributed by atoms with E-state index in [9.17, 15) is 4.79 Å². The van der Waals surface area contributed by atoms with Crippen molar-refractivity contribution >= 4 is 17.5 Å². The van der Waals surface area contributed by atoms with Crippen molar-refractivity contribution in [2.75, 3.05) is 26.3 Å². The molecule has 1 amide bonds. The first-order valence-corrected chi connectivity index (χ1v) is 8.73. The number of halogens is 1. The Morgan fingerprint density at radius 2 is 2.20 bits per heavy atom. The Kier molecular flexibility index (Phi) is 4.50. The molecule has 7 nitrogen and oxygen atoms in total. The van der Waals surface area contributed by atoms with Gasteiger partial charge in [0.15, 0.2) is 17.2 Å². The molecule has 132 valence electrons. The fraction of sp³-hybridized carbons (Fsp3) is 0.412. The highest BCUT2D eigenvalue weighted by Crippen LogP contribution is 2.38. The summed E-state index contributed by atoms with van der Waals surface area (Å²) in [5.41, 5.74) is 3.47. The van der Waals surface area contributed by atoms with E-state index < -0.39 is 0 Å². The van der Waals surface area contributed by atoms with Crippen LogP contribution in [0.3, 0.4) is 0 Å². The predicted molar refractivity (Wildman–Crippen MR) is 92.5 cm³/mol. The van der Waals surface area contributed by atoms with Gasteiger partial charge in [-0.1, -0.05) is 11.6 Å². The molecule has 0 saturated carbocycles. The lowest BCUT2D eigenvalue weighted by Gasteiger charge is -2.20. The van der Waals surface area contributed by atoms with Gasteiger partial charge in [-0.25, -0.2) is 0 Å². The lowest BCUT2D eigenvalue weighted by molar-refractivity contribution is 0.0948. The number of rotatable bonds is 4. The van der Waals surface area contributed by atoms with Crippen molar-refractivity contribution in [1.82, 2.24) is 20.8 Å². The normalized spacial score (nSPS) is 15.6. The highest BCUT2D eigenvalue weighted by molar-refractivity contribution is 6.32. The van der Waals surface area contributed by atoms with Gasteiger partial charge < -0.3 is 20.1 Å². The third-order valence-electron chi connectivity index (χ3n) is 4.38. The van der Waals surface area contributed by atoms with Gasteiger partial charge in [0.05, 0.1) is 5.02 Å². The summed E-state index contributed by atoms with van der Waals surface area (Å²) < 4.78 is 11.1. The summed E-state index contributed by atoms with van der Waals surface area (Å²) in [5.74, 6) is 1.09. The fourth-order valence-electron chi connectivity index (χ4n) is 3.13. The van der Waals surface area contributed by atoms with Crippen molar-refractivity contribution in [2.24, 2.45) is 0 Å². The number of ether oxygens (including phenoxy) is 2. The zero-order valence-electron chi connectivity index (χ0n) is 13.7. The molecule has 0 radical (unpaired) electrons. The molecule has 0 unspecified atom stereocenters. The Morgan fingerprint density at radius 1 is 1.32 bits per heavy atom. The minimum absolute atomic E-state index is 0.162. The molecule has 0 spiro atoms. The van der Waals surface area contributed by atoms with Gasteiger partial charge in [0.1, 0.15) is 13.2 Å². The van der Waals surface area contributed by atoms with Crippen molar-refractivity contribution in [2.45, 2.75) is 19.4 Å². The van der Waals surface area contributed by atoms with E-state index in [0.29, 0.717) is 54.9 Å². The molecule has 0 saturated heterocycles. The number of carbonyl (C=O) groups excluding carboxylic acids is 1. The fourth-order valence-corrected chi connectivity index (χ4v) is 3.41. The van der Waals surface area contributed by atoms with Crippen molar-refractivity contribution in [3.8, 4) is 11.5 Å². The standard InChI is InChI=1S/C17H19ClN4O3/c18-12-7-10(8-14-16(12)25-6-5-24-14)1-4-20-17(23)15-11-9-19-3-2-13(11)21-22-15/h7-8,19H,1-6,9H2,(H,20,23)(H,21,22). The maximum atomic E-state index is 12.4. The first-order valence-electron chi connectivity index (χ1n) is 8.35. The lowest BCUT2D eigenvalue weighted by atomic mass is 10.1. The third-order valence-corrected chi connectivity index (χ3v) is 4.66. The molecule has 2 aliphatic heterocycles. The van der Waals surface area contributed by atoms with Gasteiger partial charge >= 0.3 is 0 Å². The summed E-state index contributed by atoms with van der Waals surface area (Å²) in [7, 11) is 0. The van der Waals surface area contributed by atoms with Crippen LogP contribution in [-0.4, -0.2) is 42.4 Å². The average molecular weight is 363 g/mol. The van der Waals surface area contributed by atoms with Gasteiger partial charge in [0.2, 0.25) is 0 Å². The van der Waals surface area contributed by atoms with Gasteiger partial charge in [-0.3, -0.25) is 9.89 Å². The Balaban J connectivity index is 1.38. The zero-order chi connectivity index (χ0) is 17.2. The van der Waals surface area contributed by atoms with Crippen LogP contribution < -0.4 is 20.1 Å². The Bertz CT molecular complexity index is 805. The number of amides is 1. The summed E-state index contributed by atoms with van der Waals surface area (Å²) in [4.78, 5) is 12.4. The van der Waals surface area contributed by atoms with Crippen molar-refractivity contribution in [1.29, 1.82) is 0 Å². The smallest absolute Gasteiger partial charge is 0.272 e. The highest BCUT2D eigenvalue weighted by atomic mass is 35.5. The Labute approximate surface area is 150 Å². The molecule has 0 bridgehead atoms. The van der Waals surface area contributed by atoms with E-state index in [0.717, 1.165) is 29.8 Å². The van der Waals surface area contributed by atoms with Crippen LogP contribution in [0.5, 0.6) is 11.5 Å². The van der Waals surface area contributed by atoms with Crippen LogP contribution >= 0.6 is 11.6 Å².